The fraction of sp³-hybridized carbons (Fsp3) is 0.300. The highest BCUT2D eigenvalue weighted by Gasteiger charge is 2.24. The van der Waals surface area contributed by atoms with Crippen LogP contribution in [0.4, 0.5) is 5.82 Å². The topological polar surface area (TPSA) is 95.9 Å². The zero-order chi connectivity index (χ0) is 17.7. The molecule has 26 heavy (non-hydrogen) atoms. The van der Waals surface area contributed by atoms with Crippen LogP contribution in [0.25, 0.3) is 33.1 Å². The maximum atomic E-state index is 6.25. The summed E-state index contributed by atoms with van der Waals surface area (Å²) in [6.07, 6.45) is 9.65. The second kappa shape index (κ2) is 5.85. The number of rotatable bonds is 2. The molecule has 1 fully saturated rings. The highest BCUT2D eigenvalue weighted by atomic mass is 16.3. The molecule has 5 rings (SSSR count). The number of fused-ring (bicyclic) bond motifs is 2. The molecule has 4 aromatic rings. The number of aromatic nitrogens is 3. The Kier molecular flexibility index (Phi) is 3.46. The molecule has 0 bridgehead atoms. The number of anilines is 1. The van der Waals surface area contributed by atoms with Crippen LogP contribution in [0, 0.1) is 0 Å². The summed E-state index contributed by atoms with van der Waals surface area (Å²) >= 11 is 0. The summed E-state index contributed by atoms with van der Waals surface area (Å²) in [5.74, 6) is 0.517. The third-order valence-corrected chi connectivity index (χ3v) is 5.54. The minimum Gasteiger partial charge on any atom is -0.464 e. The lowest BCUT2D eigenvalue weighted by molar-refractivity contribution is 0.329. The average molecular weight is 347 g/mol. The molecule has 4 N–H and O–H groups in total. The molecule has 0 radical (unpaired) electrons. The van der Waals surface area contributed by atoms with E-state index in [0.717, 1.165) is 58.8 Å². The number of hydrogen-bond acceptors (Lipinski definition) is 5. The Balaban J connectivity index is 1.69. The first kappa shape index (κ1) is 15.4. The van der Waals surface area contributed by atoms with E-state index in [4.69, 9.17) is 15.9 Å². The number of furan rings is 1. The fourth-order valence-electron chi connectivity index (χ4n) is 4.12. The zero-order valence-corrected chi connectivity index (χ0v) is 14.4. The lowest BCUT2D eigenvalue weighted by atomic mass is 9.92. The molecular weight excluding hydrogens is 326 g/mol. The van der Waals surface area contributed by atoms with Gasteiger partial charge < -0.3 is 20.5 Å². The Morgan fingerprint density at radius 1 is 1.08 bits per heavy atom. The fourth-order valence-corrected chi connectivity index (χ4v) is 4.12. The summed E-state index contributed by atoms with van der Waals surface area (Å²) in [5.41, 5.74) is 16.3. The van der Waals surface area contributed by atoms with Gasteiger partial charge in [-0.15, -0.1) is 0 Å². The van der Waals surface area contributed by atoms with Gasteiger partial charge in [0.1, 0.15) is 23.4 Å². The lowest BCUT2D eigenvalue weighted by Crippen LogP contribution is -2.27. The van der Waals surface area contributed by atoms with Crippen LogP contribution in [0.2, 0.25) is 0 Å². The van der Waals surface area contributed by atoms with Crippen LogP contribution in [-0.2, 0) is 0 Å². The summed E-state index contributed by atoms with van der Waals surface area (Å²) in [6, 6.07) is 8.87. The van der Waals surface area contributed by atoms with Gasteiger partial charge in [0.2, 0.25) is 0 Å². The van der Waals surface area contributed by atoms with Crippen molar-refractivity contribution in [1.82, 2.24) is 14.5 Å². The van der Waals surface area contributed by atoms with Crippen LogP contribution in [-0.4, -0.2) is 20.6 Å². The van der Waals surface area contributed by atoms with Gasteiger partial charge in [-0.2, -0.15) is 0 Å². The number of nitrogen functional groups attached to an aromatic ring is 1. The van der Waals surface area contributed by atoms with Crippen molar-refractivity contribution in [3.05, 3.63) is 43.1 Å². The molecule has 0 amide bonds. The number of nitrogens with zero attached hydrogens (tertiary/aromatic N) is 3. The molecule has 0 unspecified atom stereocenters. The zero-order valence-electron chi connectivity index (χ0n) is 14.4. The van der Waals surface area contributed by atoms with Gasteiger partial charge in [-0.05, 0) is 49.4 Å². The molecule has 1 saturated carbocycles. The lowest BCUT2D eigenvalue weighted by Gasteiger charge is -2.27. The Morgan fingerprint density at radius 3 is 2.77 bits per heavy atom. The van der Waals surface area contributed by atoms with E-state index in [1.165, 1.54) is 0 Å². The van der Waals surface area contributed by atoms with Gasteiger partial charge >= 0.3 is 0 Å². The molecular formula is C20H21N5O. The van der Waals surface area contributed by atoms with E-state index in [2.05, 4.69) is 32.9 Å². The smallest absolute Gasteiger partial charge is 0.146 e. The molecule has 3 aromatic heterocycles. The van der Waals surface area contributed by atoms with Crippen LogP contribution < -0.4 is 11.5 Å². The highest BCUT2D eigenvalue weighted by Crippen LogP contribution is 2.38. The van der Waals surface area contributed by atoms with Crippen molar-refractivity contribution in [3.63, 3.8) is 0 Å². The first-order valence-electron chi connectivity index (χ1n) is 9.05. The molecule has 1 aliphatic carbocycles. The van der Waals surface area contributed by atoms with Crippen molar-refractivity contribution in [2.45, 2.75) is 37.8 Å². The summed E-state index contributed by atoms with van der Waals surface area (Å²) in [6.45, 7) is 0. The average Bonchev–Trinajstić information content (AvgIpc) is 3.27. The maximum absolute atomic E-state index is 6.25. The van der Waals surface area contributed by atoms with Crippen LogP contribution in [0.3, 0.4) is 0 Å². The summed E-state index contributed by atoms with van der Waals surface area (Å²) in [4.78, 5) is 8.79. The summed E-state index contributed by atoms with van der Waals surface area (Å²) in [5, 5.41) is 1.99. The molecule has 132 valence electrons. The van der Waals surface area contributed by atoms with E-state index < -0.39 is 0 Å². The van der Waals surface area contributed by atoms with Crippen LogP contribution in [0.5, 0.6) is 0 Å². The quantitative estimate of drug-likeness (QED) is 0.574. The van der Waals surface area contributed by atoms with Gasteiger partial charge in [0.05, 0.1) is 11.6 Å². The van der Waals surface area contributed by atoms with Gasteiger partial charge in [-0.1, -0.05) is 6.07 Å². The first-order valence-corrected chi connectivity index (χ1v) is 9.05. The first-order chi connectivity index (χ1) is 12.7. The van der Waals surface area contributed by atoms with E-state index >= 15 is 0 Å². The van der Waals surface area contributed by atoms with Gasteiger partial charge in [-0.3, -0.25) is 0 Å². The van der Waals surface area contributed by atoms with Gasteiger partial charge in [0, 0.05) is 29.2 Å². The molecule has 0 aliphatic heterocycles. The standard InChI is InChI=1S/C20H21N5O/c21-14-2-4-15(5-3-14)25-10-16(18-19(22)23-11-24-20(18)25)12-1-6-17-13(9-12)7-8-26-17/h1,6-11,14-15H,2-5,21H2,(H2,22,23,24). The third-order valence-electron chi connectivity index (χ3n) is 5.54. The van der Waals surface area contributed by atoms with Crippen LogP contribution in [0.15, 0.2) is 47.5 Å². The number of hydrogen-bond donors (Lipinski definition) is 2. The van der Waals surface area contributed by atoms with Crippen molar-refractivity contribution < 1.29 is 4.42 Å². The molecule has 6 nitrogen and oxygen atoms in total. The molecule has 1 aromatic carbocycles. The van der Waals surface area contributed by atoms with E-state index in [0.29, 0.717) is 17.9 Å². The number of benzene rings is 1. The van der Waals surface area contributed by atoms with Crippen molar-refractivity contribution >= 4 is 27.8 Å². The summed E-state index contributed by atoms with van der Waals surface area (Å²) in [7, 11) is 0. The second-order valence-electron chi connectivity index (χ2n) is 7.15. The Labute approximate surface area is 150 Å². The number of nitrogens with two attached hydrogens (primary N) is 2. The molecule has 1 aliphatic rings. The second-order valence-corrected chi connectivity index (χ2v) is 7.15. The van der Waals surface area contributed by atoms with Gasteiger partial charge in [-0.25, -0.2) is 9.97 Å². The van der Waals surface area contributed by atoms with Crippen LogP contribution in [0.1, 0.15) is 31.7 Å². The molecule has 6 heteroatoms. The van der Waals surface area contributed by atoms with Crippen molar-refractivity contribution in [2.24, 2.45) is 5.73 Å². The normalized spacial score (nSPS) is 20.8. The minimum absolute atomic E-state index is 0.316. The predicted molar refractivity (Wildman–Crippen MR) is 103 cm³/mol. The van der Waals surface area contributed by atoms with E-state index in [1.807, 2.05) is 12.1 Å². The van der Waals surface area contributed by atoms with Crippen LogP contribution >= 0.6 is 0 Å². The van der Waals surface area contributed by atoms with E-state index in [1.54, 1.807) is 12.6 Å². The molecule has 3 heterocycles. The Bertz CT molecular complexity index is 1090. The van der Waals surface area contributed by atoms with E-state index in [-0.39, 0.29) is 0 Å². The predicted octanol–water partition coefficient (Wildman–Crippen LogP) is 3.87. The van der Waals surface area contributed by atoms with Gasteiger partial charge in [0.15, 0.2) is 0 Å². The maximum Gasteiger partial charge on any atom is 0.146 e. The Morgan fingerprint density at radius 2 is 1.92 bits per heavy atom. The van der Waals surface area contributed by atoms with E-state index in [9.17, 15) is 0 Å². The Hall–Kier alpha value is -2.86. The largest absolute Gasteiger partial charge is 0.464 e. The molecule has 0 spiro atoms. The molecule has 0 atom stereocenters. The molecule has 0 saturated heterocycles. The third kappa shape index (κ3) is 2.37. The monoisotopic (exact) mass is 347 g/mol. The van der Waals surface area contributed by atoms with Crippen molar-refractivity contribution in [1.29, 1.82) is 0 Å². The SMILES string of the molecule is Nc1ncnc2c1c(-c1ccc3occc3c1)cn2C1CCC(N)CC1. The highest BCUT2D eigenvalue weighted by molar-refractivity contribution is 6.02. The van der Waals surface area contributed by atoms with Gasteiger partial charge in [0.25, 0.3) is 0 Å². The van der Waals surface area contributed by atoms with Crippen molar-refractivity contribution in [3.8, 4) is 11.1 Å². The minimum atomic E-state index is 0.316. The summed E-state index contributed by atoms with van der Waals surface area (Å²) < 4.78 is 7.74. The van der Waals surface area contributed by atoms with Crippen molar-refractivity contribution in [2.75, 3.05) is 5.73 Å².